The molecule has 1 fully saturated rings. The smallest absolute Gasteiger partial charge is 0.256 e. The van der Waals surface area contributed by atoms with Crippen molar-refractivity contribution in [3.8, 4) is 0 Å². The highest BCUT2D eigenvalue weighted by atomic mass is 32.1. The van der Waals surface area contributed by atoms with E-state index in [0.717, 1.165) is 11.3 Å². The third kappa shape index (κ3) is 2.25. The molecule has 16 heavy (non-hydrogen) atoms. The number of nitrogens with zero attached hydrogens (tertiary/aromatic N) is 2. The van der Waals surface area contributed by atoms with Crippen LogP contribution in [0.2, 0.25) is 0 Å². The fraction of sp³-hybridized carbons (Fsp3) is 0.636. The van der Waals surface area contributed by atoms with Gasteiger partial charge in [0.05, 0.1) is 23.5 Å². The normalized spacial score (nSPS) is 25.8. The largest absolute Gasteiger partial charge is 0.372 e. The van der Waals surface area contributed by atoms with Gasteiger partial charge in [0.25, 0.3) is 5.91 Å². The minimum absolute atomic E-state index is 0.0771. The Hall–Kier alpha value is -0.940. The van der Waals surface area contributed by atoms with E-state index in [1.54, 1.807) is 0 Å². The van der Waals surface area contributed by atoms with Gasteiger partial charge in [-0.05, 0) is 32.3 Å². The van der Waals surface area contributed by atoms with Gasteiger partial charge in [-0.15, -0.1) is 0 Å². The van der Waals surface area contributed by atoms with E-state index in [2.05, 4.69) is 4.37 Å². The number of hydrogen-bond donors (Lipinski definition) is 0. The molecule has 1 amide bonds. The van der Waals surface area contributed by atoms with E-state index in [1.807, 2.05) is 31.1 Å². The van der Waals surface area contributed by atoms with Gasteiger partial charge >= 0.3 is 0 Å². The van der Waals surface area contributed by atoms with Crippen LogP contribution in [0.25, 0.3) is 0 Å². The van der Waals surface area contributed by atoms with Gasteiger partial charge in [-0.25, -0.2) is 0 Å². The minimum Gasteiger partial charge on any atom is -0.372 e. The predicted molar refractivity (Wildman–Crippen MR) is 62.8 cm³/mol. The van der Waals surface area contributed by atoms with Crippen molar-refractivity contribution in [3.05, 3.63) is 16.6 Å². The van der Waals surface area contributed by atoms with Crippen molar-refractivity contribution in [1.82, 2.24) is 9.27 Å². The SMILES string of the molecule is Cc1nscc1C(=O)N1CC(C)OC(C)C1. The molecular formula is C11H16N2O2S. The Bertz CT molecular complexity index is 381. The topological polar surface area (TPSA) is 42.4 Å². The molecule has 0 saturated carbocycles. The van der Waals surface area contributed by atoms with Crippen molar-refractivity contribution in [2.45, 2.75) is 33.0 Å². The number of morpholine rings is 1. The van der Waals surface area contributed by atoms with Gasteiger partial charge in [0.2, 0.25) is 0 Å². The Kier molecular flexibility index (Phi) is 3.25. The van der Waals surface area contributed by atoms with Crippen LogP contribution in [0.4, 0.5) is 0 Å². The molecule has 0 bridgehead atoms. The number of amides is 1. The van der Waals surface area contributed by atoms with Crippen molar-refractivity contribution < 1.29 is 9.53 Å². The van der Waals surface area contributed by atoms with Gasteiger partial charge < -0.3 is 9.64 Å². The molecule has 0 aromatic carbocycles. The lowest BCUT2D eigenvalue weighted by molar-refractivity contribution is -0.0586. The van der Waals surface area contributed by atoms with Crippen molar-refractivity contribution in [3.63, 3.8) is 0 Å². The molecule has 1 aromatic heterocycles. The highest BCUT2D eigenvalue weighted by molar-refractivity contribution is 7.03. The van der Waals surface area contributed by atoms with E-state index < -0.39 is 0 Å². The first kappa shape index (κ1) is 11.5. The molecule has 0 N–H and O–H groups in total. The monoisotopic (exact) mass is 240 g/mol. The highest BCUT2D eigenvalue weighted by Gasteiger charge is 2.27. The summed E-state index contributed by atoms with van der Waals surface area (Å²) in [4.78, 5) is 14.1. The Morgan fingerprint density at radius 2 is 2.12 bits per heavy atom. The fourth-order valence-corrected chi connectivity index (χ4v) is 2.70. The number of aromatic nitrogens is 1. The first-order chi connectivity index (χ1) is 7.58. The number of aryl methyl sites for hydroxylation is 1. The molecule has 2 unspecified atom stereocenters. The van der Waals surface area contributed by atoms with Gasteiger partial charge in [0, 0.05) is 18.5 Å². The first-order valence-electron chi connectivity index (χ1n) is 5.43. The molecule has 1 aliphatic heterocycles. The lowest BCUT2D eigenvalue weighted by Gasteiger charge is -2.35. The maximum absolute atomic E-state index is 12.2. The highest BCUT2D eigenvalue weighted by Crippen LogP contribution is 2.17. The van der Waals surface area contributed by atoms with Crippen LogP contribution in [0.15, 0.2) is 5.38 Å². The summed E-state index contributed by atoms with van der Waals surface area (Å²) in [6.45, 7) is 7.19. The zero-order valence-corrected chi connectivity index (χ0v) is 10.6. The lowest BCUT2D eigenvalue weighted by atomic mass is 10.2. The van der Waals surface area contributed by atoms with Crippen LogP contribution in [-0.4, -0.2) is 40.5 Å². The van der Waals surface area contributed by atoms with Crippen LogP contribution in [0.5, 0.6) is 0 Å². The molecule has 5 heteroatoms. The number of rotatable bonds is 1. The summed E-state index contributed by atoms with van der Waals surface area (Å²) in [7, 11) is 0. The zero-order valence-electron chi connectivity index (χ0n) is 9.77. The molecule has 2 atom stereocenters. The van der Waals surface area contributed by atoms with Crippen LogP contribution in [0.3, 0.4) is 0 Å². The summed E-state index contributed by atoms with van der Waals surface area (Å²) in [6.07, 6.45) is 0.221. The Labute approximate surface area is 99.4 Å². The standard InChI is InChI=1S/C11H16N2O2S/c1-7-4-13(5-8(2)15-7)11(14)10-6-16-12-9(10)3/h6-8H,4-5H2,1-3H3. The van der Waals surface area contributed by atoms with Crippen molar-refractivity contribution in [2.75, 3.05) is 13.1 Å². The van der Waals surface area contributed by atoms with Crippen LogP contribution < -0.4 is 0 Å². The number of hydrogen-bond acceptors (Lipinski definition) is 4. The summed E-state index contributed by atoms with van der Waals surface area (Å²) in [5.41, 5.74) is 1.55. The quantitative estimate of drug-likeness (QED) is 0.750. The van der Waals surface area contributed by atoms with E-state index in [-0.39, 0.29) is 18.1 Å². The molecule has 1 aliphatic rings. The maximum atomic E-state index is 12.2. The second-order valence-corrected chi connectivity index (χ2v) is 4.91. The molecule has 88 valence electrons. The molecule has 2 heterocycles. The molecule has 1 saturated heterocycles. The molecule has 0 radical (unpaired) electrons. The second kappa shape index (κ2) is 4.51. The van der Waals surface area contributed by atoms with Gasteiger partial charge in [-0.3, -0.25) is 4.79 Å². The predicted octanol–water partition coefficient (Wildman–Crippen LogP) is 1.70. The average molecular weight is 240 g/mol. The molecule has 1 aromatic rings. The minimum atomic E-state index is 0.0771. The summed E-state index contributed by atoms with van der Waals surface area (Å²) in [5.74, 6) is 0.0771. The summed E-state index contributed by atoms with van der Waals surface area (Å²) in [6, 6.07) is 0. The first-order valence-corrected chi connectivity index (χ1v) is 6.27. The van der Waals surface area contributed by atoms with E-state index in [0.29, 0.717) is 13.1 Å². The van der Waals surface area contributed by atoms with Gasteiger partial charge in [-0.2, -0.15) is 4.37 Å². The van der Waals surface area contributed by atoms with E-state index in [1.165, 1.54) is 11.5 Å². The van der Waals surface area contributed by atoms with E-state index in [9.17, 15) is 4.79 Å². The van der Waals surface area contributed by atoms with Crippen LogP contribution in [0.1, 0.15) is 29.9 Å². The second-order valence-electron chi connectivity index (χ2n) is 4.28. The van der Waals surface area contributed by atoms with Crippen LogP contribution >= 0.6 is 11.5 Å². The molecule has 0 spiro atoms. The van der Waals surface area contributed by atoms with E-state index in [4.69, 9.17) is 4.74 Å². The summed E-state index contributed by atoms with van der Waals surface area (Å²) >= 11 is 1.33. The number of ether oxygens (including phenoxy) is 1. The molecule has 2 rings (SSSR count). The average Bonchev–Trinajstić information content (AvgIpc) is 2.62. The third-order valence-corrected chi connectivity index (χ3v) is 3.41. The Morgan fingerprint density at radius 3 is 2.62 bits per heavy atom. The van der Waals surface area contributed by atoms with Gasteiger partial charge in [0.1, 0.15) is 0 Å². The summed E-state index contributed by atoms with van der Waals surface area (Å²) in [5, 5.41) is 1.82. The fourth-order valence-electron chi connectivity index (χ4n) is 2.01. The third-order valence-electron chi connectivity index (χ3n) is 2.69. The summed E-state index contributed by atoms with van der Waals surface area (Å²) < 4.78 is 9.74. The van der Waals surface area contributed by atoms with Crippen molar-refractivity contribution >= 4 is 17.4 Å². The maximum Gasteiger partial charge on any atom is 0.256 e. The van der Waals surface area contributed by atoms with Crippen molar-refractivity contribution in [1.29, 1.82) is 0 Å². The van der Waals surface area contributed by atoms with Gasteiger partial charge in [0.15, 0.2) is 0 Å². The van der Waals surface area contributed by atoms with Crippen molar-refractivity contribution in [2.24, 2.45) is 0 Å². The Balaban J connectivity index is 2.13. The number of carbonyl (C=O) groups excluding carboxylic acids is 1. The van der Waals surface area contributed by atoms with Crippen LogP contribution in [-0.2, 0) is 4.74 Å². The molecule has 4 nitrogen and oxygen atoms in total. The molecule has 0 aliphatic carbocycles. The molecular weight excluding hydrogens is 224 g/mol. The zero-order chi connectivity index (χ0) is 11.7. The van der Waals surface area contributed by atoms with Gasteiger partial charge in [-0.1, -0.05) is 0 Å². The lowest BCUT2D eigenvalue weighted by Crippen LogP contribution is -2.48. The Morgan fingerprint density at radius 1 is 1.50 bits per heavy atom. The number of carbonyl (C=O) groups is 1. The van der Waals surface area contributed by atoms with Crippen LogP contribution in [0, 0.1) is 6.92 Å². The van der Waals surface area contributed by atoms with E-state index >= 15 is 0 Å².